The number of hydrogen-bond acceptors (Lipinski definition) is 4. The van der Waals surface area contributed by atoms with Gasteiger partial charge in [-0.25, -0.2) is 14.8 Å². The van der Waals surface area contributed by atoms with E-state index in [1.54, 1.807) is 6.07 Å². The lowest BCUT2D eigenvalue weighted by molar-refractivity contribution is -0.287. The molecule has 0 amide bonds. The lowest BCUT2D eigenvalue weighted by Crippen LogP contribution is -2.02. The van der Waals surface area contributed by atoms with Gasteiger partial charge in [0, 0.05) is 0 Å². The Bertz CT molecular complexity index is 822. The third kappa shape index (κ3) is 3.82. The summed E-state index contributed by atoms with van der Waals surface area (Å²) in [5.74, 6) is 0.840. The van der Waals surface area contributed by atoms with Crippen molar-refractivity contribution in [2.75, 3.05) is 13.2 Å². The van der Waals surface area contributed by atoms with E-state index in [9.17, 15) is 5.11 Å². The molecular formula is C19H20N2O3. The minimum atomic E-state index is 0.192. The number of rotatable bonds is 7. The number of fused-ring (bicyclic) bond motifs is 1. The van der Waals surface area contributed by atoms with Crippen molar-refractivity contribution in [1.82, 2.24) is 9.97 Å². The molecule has 0 fully saturated rings. The summed E-state index contributed by atoms with van der Waals surface area (Å²) in [6.45, 7) is 6.44. The number of imidazole rings is 1. The van der Waals surface area contributed by atoms with Crippen molar-refractivity contribution in [3.05, 3.63) is 60.2 Å². The van der Waals surface area contributed by atoms with Gasteiger partial charge in [0.1, 0.15) is 18.2 Å². The molecule has 3 aromatic rings. The summed E-state index contributed by atoms with van der Waals surface area (Å²) in [7, 11) is 0. The maximum Gasteiger partial charge on any atom is 0.142 e. The first-order valence-electron chi connectivity index (χ1n) is 7.79. The van der Waals surface area contributed by atoms with Crippen molar-refractivity contribution < 1.29 is 14.9 Å². The van der Waals surface area contributed by atoms with Gasteiger partial charge in [-0.05, 0) is 43.2 Å². The molecular weight excluding hydrogens is 304 g/mol. The number of hydrogen-bond donors (Lipinski definition) is 2. The Labute approximate surface area is 140 Å². The van der Waals surface area contributed by atoms with E-state index in [0.29, 0.717) is 31.0 Å². The zero-order chi connectivity index (χ0) is 16.9. The molecule has 2 N–H and O–H groups in total. The first-order valence-corrected chi connectivity index (χ1v) is 7.79. The van der Waals surface area contributed by atoms with Crippen molar-refractivity contribution in [2.24, 2.45) is 0 Å². The van der Waals surface area contributed by atoms with Crippen LogP contribution in [0.1, 0.15) is 12.5 Å². The Hall–Kier alpha value is -2.63. The summed E-state index contributed by atoms with van der Waals surface area (Å²) in [4.78, 5) is 17.9. The summed E-state index contributed by atoms with van der Waals surface area (Å²) < 4.78 is 0. The van der Waals surface area contributed by atoms with Crippen molar-refractivity contribution in [2.45, 2.75) is 13.3 Å². The van der Waals surface area contributed by atoms with Crippen molar-refractivity contribution in [3.63, 3.8) is 0 Å². The standard InChI is InChI=1S/C19H20N2O3/c1-13(2)12-24-23-10-9-14-7-8-18(22)15(11-14)19-20-16-5-3-4-6-17(16)21-19/h3-8,11,22H,1,9-10,12H2,2H3,(H,20,21). The molecule has 5 heteroatoms. The number of nitrogens with zero attached hydrogens (tertiary/aromatic N) is 1. The largest absolute Gasteiger partial charge is 0.507 e. The topological polar surface area (TPSA) is 67.4 Å². The quantitative estimate of drug-likeness (QED) is 0.298. The van der Waals surface area contributed by atoms with Crippen LogP contribution in [-0.2, 0) is 16.2 Å². The zero-order valence-electron chi connectivity index (χ0n) is 13.6. The molecule has 0 spiro atoms. The first kappa shape index (κ1) is 16.2. The number of phenolic OH excluding ortho intramolecular Hbond substituents is 1. The highest BCUT2D eigenvalue weighted by Gasteiger charge is 2.10. The second-order valence-electron chi connectivity index (χ2n) is 5.75. The minimum Gasteiger partial charge on any atom is -0.507 e. The number of benzene rings is 2. The lowest BCUT2D eigenvalue weighted by Gasteiger charge is -2.07. The molecule has 1 heterocycles. The van der Waals surface area contributed by atoms with Crippen LogP contribution in [0.15, 0.2) is 54.6 Å². The molecule has 0 saturated carbocycles. The summed E-state index contributed by atoms with van der Waals surface area (Å²) in [5.41, 5.74) is 4.42. The molecule has 1 aromatic heterocycles. The predicted octanol–water partition coefficient (Wildman–Crippen LogP) is 4.00. The van der Waals surface area contributed by atoms with Gasteiger partial charge in [0.2, 0.25) is 0 Å². The second kappa shape index (κ2) is 7.29. The van der Waals surface area contributed by atoms with Crippen LogP contribution < -0.4 is 0 Å². The SMILES string of the molecule is C=C(C)COOCCc1ccc(O)c(-c2nc3ccccc3[nH]2)c1. The van der Waals surface area contributed by atoms with E-state index in [-0.39, 0.29) is 5.75 Å². The van der Waals surface area contributed by atoms with E-state index < -0.39 is 0 Å². The number of para-hydroxylation sites is 2. The number of aromatic hydroxyl groups is 1. The molecule has 0 saturated heterocycles. The Morgan fingerprint density at radius 1 is 1.21 bits per heavy atom. The summed E-state index contributed by atoms with van der Waals surface area (Å²) in [6, 6.07) is 13.2. The smallest absolute Gasteiger partial charge is 0.142 e. The lowest BCUT2D eigenvalue weighted by atomic mass is 10.1. The Morgan fingerprint density at radius 2 is 2.04 bits per heavy atom. The van der Waals surface area contributed by atoms with Gasteiger partial charge < -0.3 is 10.1 Å². The summed E-state index contributed by atoms with van der Waals surface area (Å²) in [5, 5.41) is 10.2. The third-order valence-electron chi connectivity index (χ3n) is 3.57. The molecule has 0 unspecified atom stereocenters. The van der Waals surface area contributed by atoms with Crippen molar-refractivity contribution in [3.8, 4) is 17.1 Å². The van der Waals surface area contributed by atoms with Crippen LogP contribution in [0.25, 0.3) is 22.4 Å². The average Bonchev–Trinajstić information content (AvgIpc) is 2.99. The van der Waals surface area contributed by atoms with Gasteiger partial charge >= 0.3 is 0 Å². The van der Waals surface area contributed by atoms with Crippen molar-refractivity contribution >= 4 is 11.0 Å². The van der Waals surface area contributed by atoms with Crippen molar-refractivity contribution in [1.29, 1.82) is 0 Å². The highest BCUT2D eigenvalue weighted by atomic mass is 17.2. The van der Waals surface area contributed by atoms with Gasteiger partial charge in [0.05, 0.1) is 23.2 Å². The van der Waals surface area contributed by atoms with Crippen LogP contribution in [0.3, 0.4) is 0 Å². The van der Waals surface area contributed by atoms with Crippen LogP contribution in [0.2, 0.25) is 0 Å². The van der Waals surface area contributed by atoms with E-state index in [1.807, 2.05) is 43.3 Å². The maximum absolute atomic E-state index is 10.2. The predicted molar refractivity (Wildman–Crippen MR) is 93.6 cm³/mol. The van der Waals surface area contributed by atoms with E-state index in [2.05, 4.69) is 16.5 Å². The summed E-state index contributed by atoms with van der Waals surface area (Å²) >= 11 is 0. The molecule has 2 aromatic carbocycles. The normalized spacial score (nSPS) is 11.0. The number of H-pyrrole nitrogens is 1. The highest BCUT2D eigenvalue weighted by Crippen LogP contribution is 2.29. The Balaban J connectivity index is 1.73. The minimum absolute atomic E-state index is 0.192. The molecule has 0 aliphatic carbocycles. The van der Waals surface area contributed by atoms with E-state index >= 15 is 0 Å². The highest BCUT2D eigenvalue weighted by molar-refractivity contribution is 5.80. The molecule has 5 nitrogen and oxygen atoms in total. The van der Waals surface area contributed by atoms with E-state index in [4.69, 9.17) is 9.78 Å². The molecule has 3 rings (SSSR count). The number of aromatic amines is 1. The van der Waals surface area contributed by atoms with E-state index in [1.165, 1.54) is 0 Å². The van der Waals surface area contributed by atoms with Crippen LogP contribution >= 0.6 is 0 Å². The maximum atomic E-state index is 10.2. The van der Waals surface area contributed by atoms with Gasteiger partial charge in [0.15, 0.2) is 0 Å². The van der Waals surface area contributed by atoms with Gasteiger partial charge in [-0.1, -0.05) is 30.4 Å². The van der Waals surface area contributed by atoms with Crippen LogP contribution in [-0.4, -0.2) is 28.3 Å². The molecule has 0 radical (unpaired) electrons. The third-order valence-corrected chi connectivity index (χ3v) is 3.57. The van der Waals surface area contributed by atoms with Gasteiger partial charge in [-0.15, -0.1) is 0 Å². The average molecular weight is 324 g/mol. The van der Waals surface area contributed by atoms with Crippen LogP contribution in [0.5, 0.6) is 5.75 Å². The first-order chi connectivity index (χ1) is 11.6. The van der Waals surface area contributed by atoms with Gasteiger partial charge in [-0.3, -0.25) is 0 Å². The number of phenols is 1. The van der Waals surface area contributed by atoms with Crippen LogP contribution in [0, 0.1) is 0 Å². The Morgan fingerprint density at radius 3 is 2.83 bits per heavy atom. The van der Waals surface area contributed by atoms with Gasteiger partial charge in [0.25, 0.3) is 0 Å². The zero-order valence-corrected chi connectivity index (χ0v) is 13.6. The molecule has 24 heavy (non-hydrogen) atoms. The summed E-state index contributed by atoms with van der Waals surface area (Å²) in [6.07, 6.45) is 0.670. The van der Waals surface area contributed by atoms with Crippen LogP contribution in [0.4, 0.5) is 0 Å². The second-order valence-corrected chi connectivity index (χ2v) is 5.75. The fraction of sp³-hybridized carbons (Fsp3) is 0.211. The fourth-order valence-electron chi connectivity index (χ4n) is 2.37. The number of nitrogens with one attached hydrogen (secondary N) is 1. The monoisotopic (exact) mass is 324 g/mol. The molecule has 124 valence electrons. The fourth-order valence-corrected chi connectivity index (χ4v) is 2.37. The molecule has 0 atom stereocenters. The Kier molecular flexibility index (Phi) is 4.93. The molecule has 0 bridgehead atoms. The number of aromatic nitrogens is 2. The molecule has 0 aliphatic rings. The van der Waals surface area contributed by atoms with E-state index in [0.717, 1.165) is 22.2 Å². The molecule has 0 aliphatic heterocycles. The van der Waals surface area contributed by atoms with Gasteiger partial charge in [-0.2, -0.15) is 0 Å².